The highest BCUT2D eigenvalue weighted by molar-refractivity contribution is 6.30. The number of fused-ring (bicyclic) bond motifs is 1. The van der Waals surface area contributed by atoms with Gasteiger partial charge in [0.25, 0.3) is 5.91 Å². The number of carbonyl (C=O) groups excluding carboxylic acids is 1. The van der Waals surface area contributed by atoms with Crippen LogP contribution in [0.2, 0.25) is 5.02 Å². The molecule has 1 amide bonds. The minimum absolute atomic E-state index is 0.0885. The Kier molecular flexibility index (Phi) is 5.33. The smallest absolute Gasteiger partial charge is 0.257 e. The summed E-state index contributed by atoms with van der Waals surface area (Å²) in [5.74, 6) is 0.970. The second-order valence-corrected chi connectivity index (χ2v) is 7.64. The van der Waals surface area contributed by atoms with Crippen LogP contribution in [0.1, 0.15) is 30.6 Å². The van der Waals surface area contributed by atoms with Crippen LogP contribution in [0.25, 0.3) is 5.65 Å². The molecule has 0 aromatic carbocycles. The van der Waals surface area contributed by atoms with Crippen LogP contribution in [0, 0.1) is 0 Å². The van der Waals surface area contributed by atoms with E-state index in [1.807, 2.05) is 13.8 Å². The van der Waals surface area contributed by atoms with E-state index in [1.54, 1.807) is 19.2 Å². The van der Waals surface area contributed by atoms with Crippen LogP contribution in [0.3, 0.4) is 0 Å². The third kappa shape index (κ3) is 4.09. The lowest BCUT2D eigenvalue weighted by Gasteiger charge is -2.15. The van der Waals surface area contributed by atoms with Gasteiger partial charge in [0, 0.05) is 25.7 Å². The van der Waals surface area contributed by atoms with E-state index in [9.17, 15) is 9.18 Å². The van der Waals surface area contributed by atoms with Crippen LogP contribution >= 0.6 is 11.6 Å². The predicted octanol–water partition coefficient (Wildman–Crippen LogP) is 3.19. The number of alkyl halides is 1. The van der Waals surface area contributed by atoms with E-state index < -0.39 is 18.1 Å². The molecule has 158 valence electrons. The van der Waals surface area contributed by atoms with Crippen molar-refractivity contribution in [2.45, 2.75) is 38.6 Å². The molecule has 1 saturated carbocycles. The molecule has 0 radical (unpaired) electrons. The maximum Gasteiger partial charge on any atom is 0.257 e. The van der Waals surface area contributed by atoms with Gasteiger partial charge < -0.3 is 20.7 Å². The van der Waals surface area contributed by atoms with Gasteiger partial charge in [0.1, 0.15) is 29.1 Å². The number of amides is 1. The highest BCUT2D eigenvalue weighted by atomic mass is 35.5. The fourth-order valence-electron chi connectivity index (χ4n) is 2.90. The first-order valence-electron chi connectivity index (χ1n) is 9.46. The number of anilines is 3. The maximum absolute atomic E-state index is 13.2. The maximum atomic E-state index is 13.2. The molecule has 3 heterocycles. The van der Waals surface area contributed by atoms with Gasteiger partial charge in [-0.25, -0.2) is 14.4 Å². The second-order valence-electron chi connectivity index (χ2n) is 7.20. The molecule has 30 heavy (non-hydrogen) atoms. The third-order valence-corrected chi connectivity index (χ3v) is 4.64. The number of hydrogen-bond donors (Lipinski definition) is 3. The topological polar surface area (TPSA) is 105 Å². The summed E-state index contributed by atoms with van der Waals surface area (Å²) in [5.41, 5.74) is 1.09. The zero-order chi connectivity index (χ0) is 21.4. The number of carbonyl (C=O) groups is 1. The molecule has 3 N–H and O–H groups in total. The minimum atomic E-state index is -0.997. The van der Waals surface area contributed by atoms with Gasteiger partial charge in [-0.3, -0.25) is 4.79 Å². The number of nitrogens with one attached hydrogen (secondary N) is 3. The van der Waals surface area contributed by atoms with Crippen LogP contribution in [0.4, 0.5) is 21.7 Å². The zero-order valence-corrected chi connectivity index (χ0v) is 17.4. The Hall–Kier alpha value is -3.14. The van der Waals surface area contributed by atoms with Crippen molar-refractivity contribution in [3.63, 3.8) is 0 Å². The van der Waals surface area contributed by atoms with E-state index in [2.05, 4.69) is 31.0 Å². The summed E-state index contributed by atoms with van der Waals surface area (Å²) in [4.78, 5) is 21.3. The molecular weight excluding hydrogens is 413 g/mol. The number of ether oxygens (including phenoxy) is 1. The highest BCUT2D eigenvalue weighted by Crippen LogP contribution is 2.30. The van der Waals surface area contributed by atoms with Crippen molar-refractivity contribution in [1.82, 2.24) is 24.9 Å². The SMILES string of the molecule is CNc1cc(Nc2cc(Cl)cnc2OC(C)C)nc2c(C(=O)N[C@H]3C[C@H]3F)cnn12. The van der Waals surface area contributed by atoms with Gasteiger partial charge in [-0.15, -0.1) is 0 Å². The van der Waals surface area contributed by atoms with Crippen molar-refractivity contribution in [2.24, 2.45) is 0 Å². The van der Waals surface area contributed by atoms with Crippen molar-refractivity contribution in [3.8, 4) is 5.88 Å². The summed E-state index contributed by atoms with van der Waals surface area (Å²) < 4.78 is 20.4. The molecule has 4 rings (SSSR count). The molecule has 1 fully saturated rings. The molecule has 9 nitrogen and oxygen atoms in total. The molecule has 1 aliphatic carbocycles. The first-order chi connectivity index (χ1) is 14.4. The van der Waals surface area contributed by atoms with Gasteiger partial charge in [-0.2, -0.15) is 9.61 Å². The van der Waals surface area contributed by atoms with Gasteiger partial charge in [-0.05, 0) is 19.9 Å². The Bertz CT molecular complexity index is 1100. The molecular formula is C19H21ClFN7O2. The van der Waals surface area contributed by atoms with Gasteiger partial charge in [0.2, 0.25) is 5.88 Å². The fraction of sp³-hybridized carbons (Fsp3) is 0.368. The summed E-state index contributed by atoms with van der Waals surface area (Å²) in [6, 6.07) is 2.95. The molecule has 0 spiro atoms. The van der Waals surface area contributed by atoms with Crippen LogP contribution in [0.5, 0.6) is 5.88 Å². The molecule has 3 aromatic heterocycles. The van der Waals surface area contributed by atoms with E-state index in [-0.39, 0.29) is 11.7 Å². The third-order valence-electron chi connectivity index (χ3n) is 4.43. The Labute approximate surface area is 177 Å². The normalized spacial score (nSPS) is 17.8. The largest absolute Gasteiger partial charge is 0.473 e. The average molecular weight is 434 g/mol. The Morgan fingerprint density at radius 2 is 2.13 bits per heavy atom. The zero-order valence-electron chi connectivity index (χ0n) is 16.6. The van der Waals surface area contributed by atoms with Gasteiger partial charge in [-0.1, -0.05) is 11.6 Å². The summed E-state index contributed by atoms with van der Waals surface area (Å²) in [7, 11) is 1.73. The quantitative estimate of drug-likeness (QED) is 0.525. The molecule has 0 bridgehead atoms. The predicted molar refractivity (Wildman–Crippen MR) is 112 cm³/mol. The Morgan fingerprint density at radius 3 is 2.80 bits per heavy atom. The minimum Gasteiger partial charge on any atom is -0.473 e. The molecule has 3 aromatic rings. The molecule has 0 aliphatic heterocycles. The monoisotopic (exact) mass is 433 g/mol. The summed E-state index contributed by atoms with van der Waals surface area (Å²) in [6.45, 7) is 3.78. The highest BCUT2D eigenvalue weighted by Gasteiger charge is 2.39. The Morgan fingerprint density at radius 1 is 1.37 bits per heavy atom. The first-order valence-corrected chi connectivity index (χ1v) is 9.84. The van der Waals surface area contributed by atoms with Crippen molar-refractivity contribution in [2.75, 3.05) is 17.7 Å². The van der Waals surface area contributed by atoms with Crippen LogP contribution in [-0.2, 0) is 0 Å². The number of aromatic nitrogens is 4. The van der Waals surface area contributed by atoms with E-state index in [4.69, 9.17) is 16.3 Å². The Balaban J connectivity index is 1.70. The molecule has 1 aliphatic rings. The number of pyridine rings is 1. The van der Waals surface area contributed by atoms with Crippen molar-refractivity contribution in [3.05, 3.63) is 35.1 Å². The fourth-order valence-corrected chi connectivity index (χ4v) is 3.05. The van der Waals surface area contributed by atoms with Crippen LogP contribution < -0.4 is 20.7 Å². The van der Waals surface area contributed by atoms with Crippen molar-refractivity contribution >= 4 is 40.5 Å². The summed E-state index contributed by atoms with van der Waals surface area (Å²) in [5, 5.41) is 13.5. The van der Waals surface area contributed by atoms with E-state index >= 15 is 0 Å². The van der Waals surface area contributed by atoms with Crippen molar-refractivity contribution in [1.29, 1.82) is 0 Å². The molecule has 0 unspecified atom stereocenters. The molecule has 0 saturated heterocycles. The first kappa shape index (κ1) is 20.1. The summed E-state index contributed by atoms with van der Waals surface area (Å²) in [6.07, 6.45) is 2.15. The second kappa shape index (κ2) is 7.94. The number of halogens is 2. The average Bonchev–Trinajstić information content (AvgIpc) is 3.21. The van der Waals surface area contributed by atoms with Gasteiger partial charge in [0.05, 0.1) is 23.4 Å². The number of rotatable bonds is 7. The van der Waals surface area contributed by atoms with E-state index in [0.717, 1.165) is 0 Å². The number of nitrogens with zero attached hydrogens (tertiary/aromatic N) is 4. The molecule has 11 heteroatoms. The lowest BCUT2D eigenvalue weighted by atomic mass is 10.3. The van der Waals surface area contributed by atoms with Crippen molar-refractivity contribution < 1.29 is 13.9 Å². The summed E-state index contributed by atoms with van der Waals surface area (Å²) >= 11 is 6.10. The van der Waals surface area contributed by atoms with Gasteiger partial charge in [0.15, 0.2) is 5.65 Å². The lowest BCUT2D eigenvalue weighted by Crippen LogP contribution is -2.27. The van der Waals surface area contributed by atoms with Crippen LogP contribution in [0.15, 0.2) is 24.5 Å². The molecule has 2 atom stereocenters. The number of hydrogen-bond acceptors (Lipinski definition) is 7. The lowest BCUT2D eigenvalue weighted by molar-refractivity contribution is 0.0949. The standard InChI is InChI=1S/C19H21ClFN7O2/c1-9(2)30-19-14(4-10(20)7-23-19)25-15-6-16(22-3)28-17(27-15)11(8-24-28)18(29)26-13-5-12(13)21/h4,6-9,12-13,22H,5H2,1-3H3,(H,25,27)(H,26,29)/t12-,13+/m1/s1. The van der Waals surface area contributed by atoms with Gasteiger partial charge >= 0.3 is 0 Å². The van der Waals surface area contributed by atoms with E-state index in [0.29, 0.717) is 40.3 Å². The van der Waals surface area contributed by atoms with Crippen LogP contribution in [-0.4, -0.2) is 50.9 Å². The van der Waals surface area contributed by atoms with E-state index in [1.165, 1.54) is 16.9 Å².